The first-order chi connectivity index (χ1) is 9.66. The fourth-order valence-electron chi connectivity index (χ4n) is 1.75. The monoisotopic (exact) mass is 322 g/mol. The number of amides is 1. The zero-order valence-corrected chi connectivity index (χ0v) is 12.0. The number of nitrogens with two attached hydrogens (primary N) is 1. The van der Waals surface area contributed by atoms with E-state index >= 15 is 0 Å². The summed E-state index contributed by atoms with van der Waals surface area (Å²) >= 11 is 4.68. The molecule has 0 aliphatic carbocycles. The van der Waals surface area contributed by atoms with E-state index in [4.69, 9.17) is 5.73 Å². The molecule has 0 aliphatic rings. The Hall–Kier alpha value is -1.70. The van der Waals surface area contributed by atoms with E-state index in [9.17, 15) is 22.4 Å². The average Bonchev–Trinajstić information content (AvgIpc) is 2.36. The Labute approximate surface area is 124 Å². The van der Waals surface area contributed by atoms with Crippen molar-refractivity contribution in [3.05, 3.63) is 35.1 Å². The van der Waals surface area contributed by atoms with Gasteiger partial charge in [-0.05, 0) is 24.6 Å². The molecule has 0 radical (unpaired) electrons. The lowest BCUT2D eigenvalue weighted by molar-refractivity contribution is -0.137. The predicted molar refractivity (Wildman–Crippen MR) is 74.4 cm³/mol. The highest BCUT2D eigenvalue weighted by molar-refractivity contribution is 7.80. The van der Waals surface area contributed by atoms with Crippen LogP contribution in [0.4, 0.5) is 17.6 Å². The highest BCUT2D eigenvalue weighted by Gasteiger charge is 2.32. The fourth-order valence-corrected chi connectivity index (χ4v) is 1.90. The van der Waals surface area contributed by atoms with E-state index in [1.54, 1.807) is 6.92 Å². The van der Waals surface area contributed by atoms with Crippen molar-refractivity contribution in [3.63, 3.8) is 0 Å². The number of rotatable bonds is 5. The average molecular weight is 322 g/mol. The second-order valence-electron chi connectivity index (χ2n) is 4.39. The van der Waals surface area contributed by atoms with Gasteiger partial charge in [-0.3, -0.25) is 4.79 Å². The molecular weight excluding hydrogens is 308 g/mol. The first kappa shape index (κ1) is 17.4. The summed E-state index contributed by atoms with van der Waals surface area (Å²) in [5, 5.41) is 0. The topological polar surface area (TPSA) is 46.3 Å². The van der Waals surface area contributed by atoms with Crippen molar-refractivity contribution in [1.82, 2.24) is 4.90 Å². The Morgan fingerprint density at radius 1 is 1.38 bits per heavy atom. The quantitative estimate of drug-likeness (QED) is 0.670. The van der Waals surface area contributed by atoms with Crippen LogP contribution in [0.3, 0.4) is 0 Å². The van der Waals surface area contributed by atoms with Gasteiger partial charge in [-0.15, -0.1) is 0 Å². The van der Waals surface area contributed by atoms with Gasteiger partial charge in [-0.2, -0.15) is 13.2 Å². The third kappa shape index (κ3) is 4.66. The zero-order valence-electron chi connectivity index (χ0n) is 11.2. The molecule has 0 saturated carbocycles. The van der Waals surface area contributed by atoms with Gasteiger partial charge in [0.2, 0.25) is 0 Å². The van der Waals surface area contributed by atoms with Crippen LogP contribution in [0.1, 0.15) is 29.3 Å². The van der Waals surface area contributed by atoms with Gasteiger partial charge in [-0.25, -0.2) is 4.39 Å². The SMILES string of the molecule is CCCN(CC(N)=S)C(=O)c1cc(C(F)(F)F)ccc1F. The summed E-state index contributed by atoms with van der Waals surface area (Å²) in [6.07, 6.45) is -4.11. The summed E-state index contributed by atoms with van der Waals surface area (Å²) in [6, 6.07) is 1.71. The minimum Gasteiger partial charge on any atom is -0.392 e. The van der Waals surface area contributed by atoms with Crippen molar-refractivity contribution in [3.8, 4) is 0 Å². The molecular formula is C13H14F4N2OS. The predicted octanol–water partition coefficient (Wildman–Crippen LogP) is 2.98. The number of nitrogens with zero attached hydrogens (tertiary/aromatic N) is 1. The Morgan fingerprint density at radius 3 is 2.48 bits per heavy atom. The molecule has 0 heterocycles. The van der Waals surface area contributed by atoms with E-state index in [0.717, 1.165) is 4.90 Å². The van der Waals surface area contributed by atoms with E-state index in [0.29, 0.717) is 24.6 Å². The first-order valence-electron chi connectivity index (χ1n) is 6.11. The van der Waals surface area contributed by atoms with Gasteiger partial charge in [0.15, 0.2) is 0 Å². The molecule has 0 aliphatic heterocycles. The molecule has 0 fully saturated rings. The van der Waals surface area contributed by atoms with Crippen molar-refractivity contribution in [2.75, 3.05) is 13.1 Å². The summed E-state index contributed by atoms with van der Waals surface area (Å²) in [5.74, 6) is -1.88. The van der Waals surface area contributed by atoms with E-state index in [1.807, 2.05) is 0 Å². The molecule has 0 bridgehead atoms. The van der Waals surface area contributed by atoms with Crippen LogP contribution in [0, 0.1) is 5.82 Å². The number of carbonyl (C=O) groups is 1. The van der Waals surface area contributed by atoms with Crippen LogP contribution < -0.4 is 5.73 Å². The van der Waals surface area contributed by atoms with Crippen molar-refractivity contribution >= 4 is 23.1 Å². The van der Waals surface area contributed by atoms with Crippen LogP contribution in [0.15, 0.2) is 18.2 Å². The standard InChI is InChI=1S/C13H14F4N2OS/c1-2-5-19(7-11(18)21)12(20)9-6-8(13(15,16)17)3-4-10(9)14/h3-4,6H,2,5,7H2,1H3,(H2,18,21). The van der Waals surface area contributed by atoms with Crippen LogP contribution >= 0.6 is 12.2 Å². The smallest absolute Gasteiger partial charge is 0.392 e. The third-order valence-electron chi connectivity index (χ3n) is 2.65. The molecule has 0 saturated heterocycles. The number of alkyl halides is 3. The van der Waals surface area contributed by atoms with E-state index < -0.39 is 29.0 Å². The number of hydrogen-bond acceptors (Lipinski definition) is 2. The Bertz CT molecular complexity index is 545. The van der Waals surface area contributed by atoms with Gasteiger partial charge in [0.05, 0.1) is 22.7 Å². The van der Waals surface area contributed by atoms with E-state index in [-0.39, 0.29) is 18.1 Å². The van der Waals surface area contributed by atoms with Crippen molar-refractivity contribution in [2.45, 2.75) is 19.5 Å². The third-order valence-corrected chi connectivity index (χ3v) is 2.78. The normalized spacial score (nSPS) is 11.3. The molecule has 3 nitrogen and oxygen atoms in total. The molecule has 2 N–H and O–H groups in total. The van der Waals surface area contributed by atoms with Gasteiger partial charge in [-0.1, -0.05) is 19.1 Å². The van der Waals surface area contributed by atoms with Crippen LogP contribution in [0.2, 0.25) is 0 Å². The Morgan fingerprint density at radius 2 is 2.00 bits per heavy atom. The number of carbonyl (C=O) groups excluding carboxylic acids is 1. The highest BCUT2D eigenvalue weighted by atomic mass is 32.1. The maximum atomic E-state index is 13.7. The number of thiocarbonyl (C=S) groups is 1. The summed E-state index contributed by atoms with van der Waals surface area (Å²) < 4.78 is 51.6. The minimum atomic E-state index is -4.65. The Kier molecular flexibility index (Phi) is 5.65. The van der Waals surface area contributed by atoms with Crippen molar-refractivity contribution in [1.29, 1.82) is 0 Å². The van der Waals surface area contributed by atoms with Crippen LogP contribution in [-0.2, 0) is 6.18 Å². The fraction of sp³-hybridized carbons (Fsp3) is 0.385. The summed E-state index contributed by atoms with van der Waals surface area (Å²) in [7, 11) is 0. The number of halogens is 4. The molecule has 1 rings (SSSR count). The molecule has 0 atom stereocenters. The lowest BCUT2D eigenvalue weighted by Gasteiger charge is -2.22. The van der Waals surface area contributed by atoms with Crippen molar-refractivity contribution in [2.24, 2.45) is 5.73 Å². The lowest BCUT2D eigenvalue weighted by Crippen LogP contribution is -2.38. The van der Waals surface area contributed by atoms with E-state index in [2.05, 4.69) is 12.2 Å². The molecule has 1 aromatic carbocycles. The summed E-state index contributed by atoms with van der Waals surface area (Å²) in [5.41, 5.74) is 3.61. The zero-order chi connectivity index (χ0) is 16.2. The maximum Gasteiger partial charge on any atom is 0.416 e. The molecule has 1 amide bonds. The van der Waals surface area contributed by atoms with Gasteiger partial charge in [0, 0.05) is 6.54 Å². The largest absolute Gasteiger partial charge is 0.416 e. The minimum absolute atomic E-state index is 0.00387. The van der Waals surface area contributed by atoms with Crippen LogP contribution in [0.25, 0.3) is 0 Å². The molecule has 8 heteroatoms. The summed E-state index contributed by atoms with van der Waals surface area (Å²) in [6.45, 7) is 1.87. The molecule has 0 spiro atoms. The molecule has 0 aromatic heterocycles. The van der Waals surface area contributed by atoms with Crippen LogP contribution in [-0.4, -0.2) is 28.9 Å². The highest BCUT2D eigenvalue weighted by Crippen LogP contribution is 2.30. The first-order valence-corrected chi connectivity index (χ1v) is 6.52. The number of hydrogen-bond donors (Lipinski definition) is 1. The molecule has 1 aromatic rings. The van der Waals surface area contributed by atoms with Gasteiger partial charge in [0.25, 0.3) is 5.91 Å². The molecule has 21 heavy (non-hydrogen) atoms. The number of benzene rings is 1. The van der Waals surface area contributed by atoms with Gasteiger partial charge < -0.3 is 10.6 Å². The second-order valence-corrected chi connectivity index (χ2v) is 4.91. The van der Waals surface area contributed by atoms with Gasteiger partial charge >= 0.3 is 6.18 Å². The summed E-state index contributed by atoms with van der Waals surface area (Å²) in [4.78, 5) is 13.3. The Balaban J connectivity index is 3.17. The van der Waals surface area contributed by atoms with Crippen LogP contribution in [0.5, 0.6) is 0 Å². The lowest BCUT2D eigenvalue weighted by atomic mass is 10.1. The maximum absolute atomic E-state index is 13.7. The van der Waals surface area contributed by atoms with Gasteiger partial charge in [0.1, 0.15) is 5.82 Å². The molecule has 0 unspecified atom stereocenters. The second kappa shape index (κ2) is 6.84. The van der Waals surface area contributed by atoms with E-state index in [1.165, 1.54) is 0 Å². The molecule has 116 valence electrons. The van der Waals surface area contributed by atoms with Crippen molar-refractivity contribution < 1.29 is 22.4 Å².